The second-order valence-corrected chi connectivity index (χ2v) is 10.8. The fraction of sp³-hybridized carbons (Fsp3) is 0.222. The summed E-state index contributed by atoms with van der Waals surface area (Å²) >= 11 is 17.2. The highest BCUT2D eigenvalue weighted by Gasteiger charge is 2.27. The van der Waals surface area contributed by atoms with Crippen molar-refractivity contribution in [1.29, 1.82) is 0 Å². The summed E-state index contributed by atoms with van der Waals surface area (Å²) in [6, 6.07) is 17.3. The molecule has 0 bridgehead atoms. The number of halogens is 3. The first-order valence-corrected chi connectivity index (χ1v) is 13.9. The number of nitrogens with one attached hydrogen (secondary N) is 2. The average Bonchev–Trinajstić information content (AvgIpc) is 3.19. The Kier molecular flexibility index (Phi) is 9.12. The van der Waals surface area contributed by atoms with Crippen molar-refractivity contribution in [3.63, 3.8) is 0 Å². The summed E-state index contributed by atoms with van der Waals surface area (Å²) in [6.07, 6.45) is 2.83. The van der Waals surface area contributed by atoms with E-state index in [-0.39, 0.29) is 11.4 Å². The minimum absolute atomic E-state index is 0.128. The topological polar surface area (TPSA) is 59.6 Å². The molecular formula is C27H25BrCl2N2O3S. The molecule has 1 aliphatic rings. The number of carbonyl (C=O) groups excluding carboxylic acids is 1. The van der Waals surface area contributed by atoms with E-state index in [0.717, 1.165) is 27.7 Å². The number of rotatable bonds is 9. The van der Waals surface area contributed by atoms with Crippen molar-refractivity contribution >= 4 is 68.6 Å². The minimum Gasteiger partial charge on any atom is -0.490 e. The van der Waals surface area contributed by atoms with Gasteiger partial charge >= 0.3 is 0 Å². The fourth-order valence-electron chi connectivity index (χ4n) is 3.56. The molecule has 2 N–H and O–H groups in total. The molecule has 5 nitrogen and oxygen atoms in total. The van der Waals surface area contributed by atoms with Gasteiger partial charge in [-0.1, -0.05) is 60.1 Å². The molecule has 3 aromatic rings. The zero-order valence-electron chi connectivity index (χ0n) is 19.7. The summed E-state index contributed by atoms with van der Waals surface area (Å²) in [5.74, 6) is 1.02. The maximum atomic E-state index is 12.6. The second-order valence-electron chi connectivity index (χ2n) is 7.97. The Morgan fingerprint density at radius 3 is 2.47 bits per heavy atom. The second kappa shape index (κ2) is 12.3. The molecule has 36 heavy (non-hydrogen) atoms. The molecule has 1 aliphatic heterocycles. The predicted octanol–water partition coefficient (Wildman–Crippen LogP) is 7.90. The first-order chi connectivity index (χ1) is 17.4. The summed E-state index contributed by atoms with van der Waals surface area (Å²) in [4.78, 5) is 13.2. The van der Waals surface area contributed by atoms with E-state index < -0.39 is 0 Å². The van der Waals surface area contributed by atoms with Gasteiger partial charge in [0.2, 0.25) is 0 Å². The molecule has 3 aromatic carbocycles. The van der Waals surface area contributed by atoms with E-state index in [2.05, 4.69) is 45.6 Å². The van der Waals surface area contributed by atoms with Gasteiger partial charge in [0.05, 0.1) is 26.0 Å². The number of benzene rings is 3. The van der Waals surface area contributed by atoms with Crippen LogP contribution in [0.15, 0.2) is 64.0 Å². The van der Waals surface area contributed by atoms with Crippen LogP contribution in [-0.4, -0.2) is 18.0 Å². The van der Waals surface area contributed by atoms with Crippen molar-refractivity contribution in [3.05, 3.63) is 90.7 Å². The van der Waals surface area contributed by atoms with Gasteiger partial charge in [0.15, 0.2) is 17.0 Å². The third-order valence-electron chi connectivity index (χ3n) is 5.39. The Balaban J connectivity index is 1.49. The van der Waals surface area contributed by atoms with E-state index in [4.69, 9.17) is 32.7 Å². The molecule has 9 heteroatoms. The van der Waals surface area contributed by atoms with Crippen LogP contribution in [0.1, 0.15) is 30.5 Å². The van der Waals surface area contributed by atoms with Crippen LogP contribution in [-0.2, 0) is 17.8 Å². The van der Waals surface area contributed by atoms with Gasteiger partial charge in [-0.3, -0.25) is 4.79 Å². The zero-order chi connectivity index (χ0) is 25.7. The number of anilines is 1. The lowest BCUT2D eigenvalue weighted by Gasteiger charge is -2.15. The standard InChI is InChI=1S/C27H25BrCl2N2O3S/c1-3-16-5-8-19(9-6-16)31-27-32-26(33)24(36-27)14-18-11-20(28)25(23(13-18)34-4-2)35-15-17-7-10-21(29)22(30)12-17/h5-14,27,31H,3-4,15H2,1-2H3,(H,32,33)/b24-14-/t27-/m1/s1. The molecule has 0 saturated carbocycles. The van der Waals surface area contributed by atoms with E-state index in [1.54, 1.807) is 12.1 Å². The molecule has 1 amide bonds. The molecule has 4 rings (SSSR count). The molecule has 1 heterocycles. The number of carbonyl (C=O) groups is 1. The minimum atomic E-state index is -0.250. The monoisotopic (exact) mass is 606 g/mol. The lowest BCUT2D eigenvalue weighted by molar-refractivity contribution is -0.116. The van der Waals surface area contributed by atoms with Gasteiger partial charge in [-0.05, 0) is 88.4 Å². The largest absolute Gasteiger partial charge is 0.490 e. The molecule has 0 spiro atoms. The van der Waals surface area contributed by atoms with E-state index in [1.165, 1.54) is 17.3 Å². The van der Waals surface area contributed by atoms with Crippen LogP contribution in [0.5, 0.6) is 11.5 Å². The van der Waals surface area contributed by atoms with Gasteiger partial charge in [-0.25, -0.2) is 0 Å². The molecule has 0 unspecified atom stereocenters. The molecule has 1 saturated heterocycles. The van der Waals surface area contributed by atoms with Gasteiger partial charge in [0.1, 0.15) is 6.61 Å². The highest BCUT2D eigenvalue weighted by atomic mass is 79.9. The van der Waals surface area contributed by atoms with E-state index in [0.29, 0.717) is 39.7 Å². The van der Waals surface area contributed by atoms with Crippen molar-refractivity contribution in [2.45, 2.75) is 32.4 Å². The Morgan fingerprint density at radius 1 is 1.03 bits per heavy atom. The van der Waals surface area contributed by atoms with Crippen LogP contribution in [0.2, 0.25) is 10.0 Å². The lowest BCUT2D eigenvalue weighted by atomic mass is 10.1. The smallest absolute Gasteiger partial charge is 0.260 e. The maximum Gasteiger partial charge on any atom is 0.260 e. The normalized spacial score (nSPS) is 16.2. The summed E-state index contributed by atoms with van der Waals surface area (Å²) in [5, 5.41) is 7.29. The highest BCUT2D eigenvalue weighted by Crippen LogP contribution is 2.39. The van der Waals surface area contributed by atoms with Gasteiger partial charge in [0, 0.05) is 5.69 Å². The van der Waals surface area contributed by atoms with Crippen molar-refractivity contribution < 1.29 is 14.3 Å². The average molecular weight is 608 g/mol. The number of aryl methyl sites for hydroxylation is 1. The molecular weight excluding hydrogens is 583 g/mol. The van der Waals surface area contributed by atoms with Crippen LogP contribution >= 0.6 is 50.9 Å². The Bertz CT molecular complexity index is 1280. The van der Waals surface area contributed by atoms with Crippen LogP contribution in [0.4, 0.5) is 5.69 Å². The zero-order valence-corrected chi connectivity index (χ0v) is 23.7. The lowest BCUT2D eigenvalue weighted by Crippen LogP contribution is -2.30. The molecule has 0 aliphatic carbocycles. The van der Waals surface area contributed by atoms with E-state index in [9.17, 15) is 4.79 Å². The molecule has 1 atom stereocenters. The number of amides is 1. The first-order valence-electron chi connectivity index (χ1n) is 11.4. The Labute approximate surface area is 233 Å². The van der Waals surface area contributed by atoms with Crippen LogP contribution in [0.25, 0.3) is 6.08 Å². The van der Waals surface area contributed by atoms with Crippen molar-refractivity contribution in [2.75, 3.05) is 11.9 Å². The van der Waals surface area contributed by atoms with Crippen molar-refractivity contribution in [3.8, 4) is 11.5 Å². The quantitative estimate of drug-likeness (QED) is 0.242. The first kappa shape index (κ1) is 26.7. The number of hydrogen-bond acceptors (Lipinski definition) is 5. The van der Waals surface area contributed by atoms with Crippen molar-refractivity contribution in [2.24, 2.45) is 0 Å². The van der Waals surface area contributed by atoms with E-state index in [1.807, 2.05) is 43.3 Å². The Hall–Kier alpha value is -2.32. The molecule has 188 valence electrons. The third-order valence-corrected chi connectivity index (χ3v) is 7.74. The summed E-state index contributed by atoms with van der Waals surface area (Å²) < 4.78 is 12.6. The summed E-state index contributed by atoms with van der Waals surface area (Å²) in [5.41, 5.74) is 3.67. The molecule has 0 aromatic heterocycles. The third kappa shape index (κ3) is 6.71. The van der Waals surface area contributed by atoms with Gasteiger partial charge in [0.25, 0.3) is 5.91 Å². The SMILES string of the molecule is CCOc1cc(/C=C2\S[C@H](Nc3ccc(CC)cc3)NC2=O)cc(Br)c1OCc1ccc(Cl)c(Cl)c1. The number of hydrogen-bond donors (Lipinski definition) is 2. The number of thioether (sulfide) groups is 1. The predicted molar refractivity (Wildman–Crippen MR) is 153 cm³/mol. The number of ether oxygens (including phenoxy) is 2. The maximum absolute atomic E-state index is 12.6. The van der Waals surface area contributed by atoms with Crippen LogP contribution in [0.3, 0.4) is 0 Å². The fourth-order valence-corrected chi connectivity index (χ4v) is 5.44. The van der Waals surface area contributed by atoms with Gasteiger partial charge in [-0.2, -0.15) is 0 Å². The van der Waals surface area contributed by atoms with Crippen molar-refractivity contribution in [1.82, 2.24) is 5.32 Å². The van der Waals surface area contributed by atoms with Gasteiger partial charge < -0.3 is 20.1 Å². The summed E-state index contributed by atoms with van der Waals surface area (Å²) in [6.45, 7) is 4.79. The van der Waals surface area contributed by atoms with Crippen LogP contribution < -0.4 is 20.1 Å². The summed E-state index contributed by atoms with van der Waals surface area (Å²) in [7, 11) is 0. The highest BCUT2D eigenvalue weighted by molar-refractivity contribution is 9.10. The van der Waals surface area contributed by atoms with Gasteiger partial charge in [-0.15, -0.1) is 0 Å². The molecule has 1 fully saturated rings. The van der Waals surface area contributed by atoms with E-state index >= 15 is 0 Å². The molecule has 0 radical (unpaired) electrons. The Morgan fingerprint density at radius 2 is 1.78 bits per heavy atom. The van der Waals surface area contributed by atoms with Crippen LogP contribution in [0, 0.1) is 0 Å².